The summed E-state index contributed by atoms with van der Waals surface area (Å²) in [6.45, 7) is -0.150. The molecule has 7 heteroatoms. The van der Waals surface area contributed by atoms with E-state index in [0.29, 0.717) is 0 Å². The summed E-state index contributed by atoms with van der Waals surface area (Å²) in [4.78, 5) is 0. The number of anilines is 1. The van der Waals surface area contributed by atoms with E-state index in [1.807, 2.05) is 0 Å². The quantitative estimate of drug-likeness (QED) is 0.651. The molecule has 0 amide bonds. The van der Waals surface area contributed by atoms with Gasteiger partial charge in [-0.15, -0.1) is 0 Å². The van der Waals surface area contributed by atoms with Gasteiger partial charge in [-0.2, -0.15) is 0 Å². The largest absolute Gasteiger partial charge is 0.491 e. The summed E-state index contributed by atoms with van der Waals surface area (Å²) in [6, 6.07) is 2.25. The molecule has 3 N–H and O–H groups in total. The predicted molar refractivity (Wildman–Crippen MR) is 57.8 cm³/mol. The molecule has 1 aliphatic rings. The number of hydrogen-bond acceptors (Lipinski definition) is 3. The summed E-state index contributed by atoms with van der Waals surface area (Å²) >= 11 is 5.71. The number of nitrogen functional groups attached to an aromatic ring is 1. The zero-order chi connectivity index (χ0) is 12.6. The van der Waals surface area contributed by atoms with Crippen molar-refractivity contribution in [3.63, 3.8) is 0 Å². The summed E-state index contributed by atoms with van der Waals surface area (Å²) in [5.74, 6) is 1.12. The molecule has 0 saturated heterocycles. The average molecular weight is 267 g/mol. The van der Waals surface area contributed by atoms with Gasteiger partial charge in [0.25, 0.3) is 5.92 Å². The Kier molecular flexibility index (Phi) is 3.09. The van der Waals surface area contributed by atoms with E-state index in [2.05, 4.69) is 5.43 Å². The van der Waals surface area contributed by atoms with Gasteiger partial charge in [-0.1, -0.05) is 11.6 Å². The highest BCUT2D eigenvalue weighted by atomic mass is 35.5. The molecule has 2 rings (SSSR count). The fraction of sp³-hybridized carbons (Fsp3) is 0.400. The van der Waals surface area contributed by atoms with Gasteiger partial charge in [-0.3, -0.25) is 5.84 Å². The second-order valence-corrected chi connectivity index (χ2v) is 4.29. The lowest BCUT2D eigenvalue weighted by molar-refractivity contribution is 0.0856. The normalized spacial score (nSPS) is 21.1. The maximum Gasteiger partial charge on any atom is 0.255 e. The Morgan fingerprint density at radius 1 is 1.53 bits per heavy atom. The molecule has 0 heterocycles. The Bertz CT molecular complexity index is 442. The molecule has 1 atom stereocenters. The van der Waals surface area contributed by atoms with Crippen molar-refractivity contribution < 1.29 is 17.9 Å². The zero-order valence-electron chi connectivity index (χ0n) is 8.64. The maximum atomic E-state index is 13.2. The Labute approximate surface area is 101 Å². The highest BCUT2D eigenvalue weighted by molar-refractivity contribution is 6.32. The molecule has 1 unspecified atom stereocenters. The molecule has 17 heavy (non-hydrogen) atoms. The van der Waals surface area contributed by atoms with Crippen LogP contribution in [0.25, 0.3) is 0 Å². The maximum absolute atomic E-state index is 13.2. The van der Waals surface area contributed by atoms with Gasteiger partial charge in [-0.05, 0) is 6.07 Å². The summed E-state index contributed by atoms with van der Waals surface area (Å²) in [7, 11) is 0. The van der Waals surface area contributed by atoms with Crippen molar-refractivity contribution in [1.29, 1.82) is 0 Å². The topological polar surface area (TPSA) is 47.3 Å². The predicted octanol–water partition coefficient (Wildman–Crippen LogP) is 2.80. The number of hydrogen-bond donors (Lipinski definition) is 2. The van der Waals surface area contributed by atoms with Crippen LogP contribution in [0.3, 0.4) is 0 Å². The smallest absolute Gasteiger partial charge is 0.255 e. The minimum absolute atomic E-state index is 0.00745. The Morgan fingerprint density at radius 3 is 2.71 bits per heavy atom. The molecule has 94 valence electrons. The third-order valence-corrected chi connectivity index (χ3v) is 2.87. The molecule has 1 aromatic rings. The van der Waals surface area contributed by atoms with Crippen LogP contribution in [-0.4, -0.2) is 12.5 Å². The number of ether oxygens (including phenoxy) is 1. The molecule has 1 aromatic carbocycles. The van der Waals surface area contributed by atoms with E-state index < -0.39 is 17.7 Å². The molecule has 0 spiro atoms. The van der Waals surface area contributed by atoms with E-state index in [1.165, 1.54) is 6.07 Å². The standard InChI is InChI=1S/C10H10ClF3N2O/c11-6-1-7(12)8(16-15)2-9(6)17-4-5-3-10(5,13)14/h1-2,5,16H,3-4,15H2. The van der Waals surface area contributed by atoms with Crippen LogP contribution in [0.2, 0.25) is 5.02 Å². The average Bonchev–Trinajstić information content (AvgIpc) is 2.85. The second kappa shape index (κ2) is 4.27. The van der Waals surface area contributed by atoms with E-state index in [4.69, 9.17) is 22.2 Å². The van der Waals surface area contributed by atoms with Crippen molar-refractivity contribution in [2.24, 2.45) is 11.8 Å². The Balaban J connectivity index is 2.05. The number of hydrazine groups is 1. The van der Waals surface area contributed by atoms with Crippen LogP contribution in [0.1, 0.15) is 6.42 Å². The van der Waals surface area contributed by atoms with Gasteiger partial charge in [0.1, 0.15) is 11.6 Å². The van der Waals surface area contributed by atoms with Gasteiger partial charge in [0.2, 0.25) is 0 Å². The minimum Gasteiger partial charge on any atom is -0.491 e. The Morgan fingerprint density at radius 2 is 2.18 bits per heavy atom. The molecule has 1 aliphatic carbocycles. The van der Waals surface area contributed by atoms with Gasteiger partial charge < -0.3 is 10.2 Å². The molecule has 1 fully saturated rings. The van der Waals surface area contributed by atoms with Crippen molar-refractivity contribution in [1.82, 2.24) is 0 Å². The van der Waals surface area contributed by atoms with Crippen LogP contribution in [-0.2, 0) is 0 Å². The fourth-order valence-electron chi connectivity index (χ4n) is 1.39. The van der Waals surface area contributed by atoms with Crippen LogP contribution >= 0.6 is 11.6 Å². The molecule has 0 bridgehead atoms. The highest BCUT2D eigenvalue weighted by Gasteiger charge is 2.57. The summed E-state index contributed by atoms with van der Waals surface area (Å²) in [5.41, 5.74) is 2.11. The van der Waals surface area contributed by atoms with E-state index >= 15 is 0 Å². The minimum atomic E-state index is -2.65. The first-order chi connectivity index (χ1) is 7.94. The Hall–Kier alpha value is -1.14. The lowest BCUT2D eigenvalue weighted by Crippen LogP contribution is -2.10. The molecule has 0 radical (unpaired) electrons. The van der Waals surface area contributed by atoms with E-state index in [-0.39, 0.29) is 29.5 Å². The van der Waals surface area contributed by atoms with Gasteiger partial charge in [0.15, 0.2) is 0 Å². The van der Waals surface area contributed by atoms with E-state index in [1.54, 1.807) is 0 Å². The lowest BCUT2D eigenvalue weighted by Gasteiger charge is -2.10. The van der Waals surface area contributed by atoms with Crippen LogP contribution < -0.4 is 16.0 Å². The summed E-state index contributed by atoms with van der Waals surface area (Å²) in [6.07, 6.45) is -0.187. The van der Waals surface area contributed by atoms with Gasteiger partial charge in [-0.25, -0.2) is 13.2 Å². The lowest BCUT2D eigenvalue weighted by atomic mass is 10.3. The first-order valence-corrected chi connectivity index (χ1v) is 5.28. The fourth-order valence-corrected chi connectivity index (χ4v) is 1.60. The van der Waals surface area contributed by atoms with Crippen molar-refractivity contribution in [2.45, 2.75) is 12.3 Å². The van der Waals surface area contributed by atoms with Crippen LogP contribution in [0.15, 0.2) is 12.1 Å². The summed E-state index contributed by atoms with van der Waals surface area (Å²) < 4.78 is 43.5. The number of rotatable bonds is 4. The number of alkyl halides is 2. The number of nitrogens with one attached hydrogen (secondary N) is 1. The third-order valence-electron chi connectivity index (χ3n) is 2.57. The van der Waals surface area contributed by atoms with Gasteiger partial charge >= 0.3 is 0 Å². The van der Waals surface area contributed by atoms with Crippen molar-refractivity contribution in [3.05, 3.63) is 23.0 Å². The van der Waals surface area contributed by atoms with Gasteiger partial charge in [0, 0.05) is 12.5 Å². The van der Waals surface area contributed by atoms with Crippen molar-refractivity contribution >= 4 is 17.3 Å². The van der Waals surface area contributed by atoms with E-state index in [9.17, 15) is 13.2 Å². The SMILES string of the molecule is NNc1cc(OCC2CC2(F)F)c(Cl)cc1F. The number of nitrogens with two attached hydrogens (primary N) is 1. The zero-order valence-corrected chi connectivity index (χ0v) is 9.40. The number of benzene rings is 1. The van der Waals surface area contributed by atoms with Gasteiger partial charge in [0.05, 0.1) is 23.2 Å². The molecular weight excluding hydrogens is 257 g/mol. The highest BCUT2D eigenvalue weighted by Crippen LogP contribution is 2.48. The van der Waals surface area contributed by atoms with Crippen molar-refractivity contribution in [3.8, 4) is 5.75 Å². The molecule has 0 aromatic heterocycles. The third kappa shape index (κ3) is 2.58. The molecule has 3 nitrogen and oxygen atoms in total. The first-order valence-electron chi connectivity index (χ1n) is 4.90. The van der Waals surface area contributed by atoms with Crippen molar-refractivity contribution in [2.75, 3.05) is 12.0 Å². The first kappa shape index (κ1) is 12.3. The van der Waals surface area contributed by atoms with Crippen LogP contribution in [0.5, 0.6) is 5.75 Å². The molecule has 1 saturated carbocycles. The van der Waals surface area contributed by atoms with Crippen LogP contribution in [0, 0.1) is 11.7 Å². The molecular formula is C10H10ClF3N2O. The monoisotopic (exact) mass is 266 g/mol. The summed E-state index contributed by atoms with van der Waals surface area (Å²) in [5, 5.41) is 0.0190. The van der Waals surface area contributed by atoms with E-state index in [0.717, 1.165) is 6.07 Å². The molecule has 0 aliphatic heterocycles. The second-order valence-electron chi connectivity index (χ2n) is 3.88. The number of halogens is 4. The van der Waals surface area contributed by atoms with Crippen LogP contribution in [0.4, 0.5) is 18.9 Å².